The topological polar surface area (TPSA) is 55.4 Å². The van der Waals surface area contributed by atoms with Crippen LogP contribution in [-0.4, -0.2) is 25.0 Å². The van der Waals surface area contributed by atoms with Crippen molar-refractivity contribution in [3.8, 4) is 11.1 Å². The number of methoxy groups -OCH3 is 1. The van der Waals surface area contributed by atoms with Gasteiger partial charge in [0.05, 0.1) is 7.11 Å². The van der Waals surface area contributed by atoms with Crippen LogP contribution in [0.4, 0.5) is 0 Å². The molecule has 0 aliphatic heterocycles. The summed E-state index contributed by atoms with van der Waals surface area (Å²) in [5.41, 5.74) is 4.36. The monoisotopic (exact) mass is 321 g/mol. The maximum atomic E-state index is 12.5. The van der Waals surface area contributed by atoms with E-state index in [9.17, 15) is 9.59 Å². The highest BCUT2D eigenvalue weighted by molar-refractivity contribution is 5.90. The summed E-state index contributed by atoms with van der Waals surface area (Å²) >= 11 is 0. The summed E-state index contributed by atoms with van der Waals surface area (Å²) in [7, 11) is 1.37. The van der Waals surface area contributed by atoms with E-state index in [4.69, 9.17) is 4.74 Å². The van der Waals surface area contributed by atoms with Gasteiger partial charge in [-0.1, -0.05) is 48.5 Å². The zero-order chi connectivity index (χ0) is 16.7. The molecular weight excluding hydrogens is 302 g/mol. The Morgan fingerprint density at radius 1 is 1.00 bits per heavy atom. The van der Waals surface area contributed by atoms with E-state index in [1.165, 1.54) is 7.11 Å². The summed E-state index contributed by atoms with van der Waals surface area (Å²) in [5.74, 6) is -0.621. The van der Waals surface area contributed by atoms with Crippen molar-refractivity contribution in [2.24, 2.45) is 5.92 Å². The van der Waals surface area contributed by atoms with Crippen LogP contribution in [-0.2, 0) is 14.3 Å². The quantitative estimate of drug-likeness (QED) is 0.881. The summed E-state index contributed by atoms with van der Waals surface area (Å²) in [5, 5.41) is 2.94. The molecule has 2 aromatic carbocycles. The van der Waals surface area contributed by atoms with Crippen molar-refractivity contribution in [2.45, 2.75) is 24.8 Å². The van der Waals surface area contributed by atoms with Gasteiger partial charge >= 0.3 is 5.97 Å². The van der Waals surface area contributed by atoms with E-state index in [-0.39, 0.29) is 17.7 Å². The minimum Gasteiger partial charge on any atom is -0.467 e. The zero-order valence-electron chi connectivity index (χ0n) is 13.5. The van der Waals surface area contributed by atoms with Gasteiger partial charge in [0.15, 0.2) is 0 Å². The van der Waals surface area contributed by atoms with Gasteiger partial charge in [-0.15, -0.1) is 0 Å². The highest BCUT2D eigenvalue weighted by Gasteiger charge is 2.41. The van der Waals surface area contributed by atoms with Crippen LogP contribution in [0.15, 0.2) is 48.5 Å². The molecule has 0 unspecified atom stereocenters. The highest BCUT2D eigenvalue weighted by Crippen LogP contribution is 2.46. The smallest absolute Gasteiger partial charge is 0.329 e. The van der Waals surface area contributed by atoms with E-state index in [1.54, 1.807) is 0 Å². The lowest BCUT2D eigenvalue weighted by Crippen LogP contribution is -2.46. The van der Waals surface area contributed by atoms with Crippen molar-refractivity contribution in [3.05, 3.63) is 59.7 Å². The number of carbonyl (C=O) groups is 2. The Hall–Kier alpha value is -2.62. The van der Waals surface area contributed by atoms with Crippen molar-refractivity contribution in [2.75, 3.05) is 7.11 Å². The first-order chi connectivity index (χ1) is 11.7. The number of benzene rings is 2. The number of ether oxygens (including phenoxy) is 1. The number of carbonyl (C=O) groups excluding carboxylic acids is 2. The van der Waals surface area contributed by atoms with Gasteiger partial charge in [-0.2, -0.15) is 0 Å². The predicted molar refractivity (Wildman–Crippen MR) is 90.4 cm³/mol. The molecule has 2 aromatic rings. The third kappa shape index (κ3) is 2.39. The molecule has 1 saturated carbocycles. The van der Waals surface area contributed by atoms with E-state index in [0.717, 1.165) is 35.1 Å². The van der Waals surface area contributed by atoms with E-state index in [1.807, 2.05) is 36.4 Å². The van der Waals surface area contributed by atoms with Gasteiger partial charge in [0.2, 0.25) is 5.91 Å². The van der Waals surface area contributed by atoms with E-state index in [2.05, 4.69) is 17.4 Å². The van der Waals surface area contributed by atoms with Gasteiger partial charge < -0.3 is 10.1 Å². The molecule has 1 atom stereocenters. The Balaban J connectivity index is 1.79. The van der Waals surface area contributed by atoms with E-state index < -0.39 is 12.0 Å². The number of rotatable bonds is 4. The maximum absolute atomic E-state index is 12.5. The Bertz CT molecular complexity index is 765. The van der Waals surface area contributed by atoms with Crippen molar-refractivity contribution in [1.29, 1.82) is 0 Å². The molecule has 4 heteroatoms. The van der Waals surface area contributed by atoms with Gasteiger partial charge in [-0.3, -0.25) is 4.79 Å². The van der Waals surface area contributed by atoms with Gasteiger partial charge in [0.25, 0.3) is 0 Å². The largest absolute Gasteiger partial charge is 0.467 e. The van der Waals surface area contributed by atoms with Gasteiger partial charge in [0.1, 0.15) is 6.04 Å². The van der Waals surface area contributed by atoms with E-state index >= 15 is 0 Å². The zero-order valence-corrected chi connectivity index (χ0v) is 13.5. The Morgan fingerprint density at radius 3 is 2.04 bits per heavy atom. The normalized spacial score (nSPS) is 16.9. The second-order valence-electron chi connectivity index (χ2n) is 6.44. The molecule has 122 valence electrons. The molecular formula is C20H19NO3. The Labute approximate surface area is 140 Å². The number of nitrogens with one attached hydrogen (secondary N) is 1. The fourth-order valence-corrected chi connectivity index (χ4v) is 3.58. The fourth-order valence-electron chi connectivity index (χ4n) is 3.58. The molecule has 4 rings (SSSR count). The van der Waals surface area contributed by atoms with Crippen LogP contribution in [0.25, 0.3) is 11.1 Å². The van der Waals surface area contributed by atoms with Crippen molar-refractivity contribution in [3.63, 3.8) is 0 Å². The SMILES string of the molecule is COC(=O)[C@H](NC(=O)C1CC1)C1c2ccccc2-c2ccccc21. The Morgan fingerprint density at radius 2 is 1.54 bits per heavy atom. The number of esters is 1. The van der Waals surface area contributed by atoms with Gasteiger partial charge in [-0.05, 0) is 35.1 Å². The molecule has 0 aromatic heterocycles. The van der Waals surface area contributed by atoms with Gasteiger partial charge in [0, 0.05) is 11.8 Å². The van der Waals surface area contributed by atoms with Crippen LogP contribution in [0.2, 0.25) is 0 Å². The molecule has 1 amide bonds. The van der Waals surface area contributed by atoms with Gasteiger partial charge in [-0.25, -0.2) is 4.79 Å². The lowest BCUT2D eigenvalue weighted by atomic mass is 9.89. The molecule has 1 N–H and O–H groups in total. The van der Waals surface area contributed by atoms with E-state index in [0.29, 0.717) is 0 Å². The second kappa shape index (κ2) is 5.78. The molecule has 2 aliphatic carbocycles. The number of hydrogen-bond donors (Lipinski definition) is 1. The lowest BCUT2D eigenvalue weighted by molar-refractivity contribution is -0.145. The van der Waals surface area contributed by atoms with Crippen LogP contribution in [0.1, 0.15) is 29.9 Å². The summed E-state index contributed by atoms with van der Waals surface area (Å²) in [6.07, 6.45) is 1.80. The minimum atomic E-state index is -0.701. The third-order valence-electron chi connectivity index (χ3n) is 4.92. The van der Waals surface area contributed by atoms with Crippen molar-refractivity contribution in [1.82, 2.24) is 5.32 Å². The van der Waals surface area contributed by atoms with Crippen LogP contribution >= 0.6 is 0 Å². The minimum absolute atomic E-state index is 0.0454. The third-order valence-corrected chi connectivity index (χ3v) is 4.92. The average molecular weight is 321 g/mol. The molecule has 4 nitrogen and oxygen atoms in total. The second-order valence-corrected chi connectivity index (χ2v) is 6.44. The maximum Gasteiger partial charge on any atom is 0.329 e. The van der Waals surface area contributed by atoms with Crippen molar-refractivity contribution < 1.29 is 14.3 Å². The first-order valence-corrected chi connectivity index (χ1v) is 8.27. The summed E-state index contributed by atoms with van der Waals surface area (Å²) in [6, 6.07) is 15.4. The molecule has 0 radical (unpaired) electrons. The fraction of sp³-hybridized carbons (Fsp3) is 0.300. The number of hydrogen-bond acceptors (Lipinski definition) is 3. The summed E-state index contributed by atoms with van der Waals surface area (Å²) < 4.78 is 5.00. The number of amides is 1. The molecule has 1 fully saturated rings. The molecule has 0 heterocycles. The highest BCUT2D eigenvalue weighted by atomic mass is 16.5. The molecule has 0 saturated heterocycles. The summed E-state index contributed by atoms with van der Waals surface area (Å²) in [4.78, 5) is 24.8. The number of fused-ring (bicyclic) bond motifs is 3. The van der Waals surface area contributed by atoms with Crippen LogP contribution in [0.3, 0.4) is 0 Å². The molecule has 24 heavy (non-hydrogen) atoms. The van der Waals surface area contributed by atoms with Crippen LogP contribution in [0, 0.1) is 5.92 Å². The molecule has 2 aliphatic rings. The average Bonchev–Trinajstić information content (AvgIpc) is 3.42. The first-order valence-electron chi connectivity index (χ1n) is 8.27. The van der Waals surface area contributed by atoms with Crippen LogP contribution < -0.4 is 5.32 Å². The first kappa shape index (κ1) is 14.9. The predicted octanol–water partition coefficient (Wildman–Crippen LogP) is 2.87. The lowest BCUT2D eigenvalue weighted by Gasteiger charge is -2.24. The van der Waals surface area contributed by atoms with Crippen molar-refractivity contribution >= 4 is 11.9 Å². The Kier molecular flexibility index (Phi) is 3.60. The molecule has 0 spiro atoms. The van der Waals surface area contributed by atoms with Crippen LogP contribution in [0.5, 0.6) is 0 Å². The molecule has 0 bridgehead atoms. The standard InChI is InChI=1S/C20H19NO3/c1-24-20(23)18(21-19(22)12-10-11-12)17-15-8-4-2-6-13(15)14-7-3-5-9-16(14)17/h2-9,12,17-18H,10-11H2,1H3,(H,21,22)/t18-/m1/s1. The summed E-state index contributed by atoms with van der Waals surface area (Å²) in [6.45, 7) is 0.